The maximum atomic E-state index is 12.6. The Morgan fingerprint density at radius 3 is 2.52 bits per heavy atom. The van der Waals surface area contributed by atoms with Crippen molar-refractivity contribution in [2.24, 2.45) is 10.9 Å². The molecule has 7 heteroatoms. The number of benzene rings is 1. The minimum Gasteiger partial charge on any atom is -0.504 e. The van der Waals surface area contributed by atoms with E-state index in [1.54, 1.807) is 12.1 Å². The Labute approximate surface area is 174 Å². The van der Waals surface area contributed by atoms with E-state index in [0.717, 1.165) is 56.8 Å². The van der Waals surface area contributed by atoms with Crippen LogP contribution in [0.3, 0.4) is 0 Å². The Morgan fingerprint density at radius 1 is 1.28 bits per heavy atom. The van der Waals surface area contributed by atoms with Crippen molar-refractivity contribution < 1.29 is 14.6 Å². The highest BCUT2D eigenvalue weighted by Crippen LogP contribution is 2.26. The number of rotatable bonds is 8. The molecule has 0 spiro atoms. The number of hydrogen-bond acceptors (Lipinski definition) is 4. The number of ether oxygens (including phenoxy) is 1. The first-order chi connectivity index (χ1) is 14.0. The summed E-state index contributed by atoms with van der Waals surface area (Å²) < 4.78 is 5.08. The second kappa shape index (κ2) is 11.5. The van der Waals surface area contributed by atoms with Crippen LogP contribution in [0.1, 0.15) is 52.0 Å². The predicted octanol–water partition coefficient (Wildman–Crippen LogP) is 2.88. The first-order valence-electron chi connectivity index (χ1n) is 10.7. The number of carbonyl (C=O) groups excluding carboxylic acids is 1. The molecular weight excluding hydrogens is 368 g/mol. The minimum absolute atomic E-state index is 0.118. The molecule has 7 nitrogen and oxygen atoms in total. The summed E-state index contributed by atoms with van der Waals surface area (Å²) in [5.74, 6) is 1.78. The van der Waals surface area contributed by atoms with Crippen molar-refractivity contribution in [1.82, 2.24) is 15.5 Å². The smallest absolute Gasteiger partial charge is 0.225 e. The molecule has 1 fully saturated rings. The highest BCUT2D eigenvalue weighted by atomic mass is 16.5. The zero-order valence-electron chi connectivity index (χ0n) is 18.2. The predicted molar refractivity (Wildman–Crippen MR) is 116 cm³/mol. The Balaban J connectivity index is 1.91. The summed E-state index contributed by atoms with van der Waals surface area (Å²) in [6, 6.07) is 5.61. The van der Waals surface area contributed by atoms with Crippen molar-refractivity contribution in [2.75, 3.05) is 26.7 Å². The van der Waals surface area contributed by atoms with E-state index in [9.17, 15) is 9.90 Å². The van der Waals surface area contributed by atoms with Crippen LogP contribution in [0.15, 0.2) is 23.2 Å². The molecule has 162 valence electrons. The SMILES string of the molecule is CCNC(=NCc1ccc(OC)c(O)c1)NC1CCN(C(=O)C(CC)CC)CC1. The third-order valence-electron chi connectivity index (χ3n) is 5.49. The fraction of sp³-hybridized carbons (Fsp3) is 0.636. The number of amides is 1. The number of phenols is 1. The van der Waals surface area contributed by atoms with Crippen LogP contribution in [-0.4, -0.2) is 54.7 Å². The highest BCUT2D eigenvalue weighted by molar-refractivity contribution is 5.80. The molecule has 1 aliphatic rings. The molecule has 1 saturated heterocycles. The van der Waals surface area contributed by atoms with Gasteiger partial charge in [0.05, 0.1) is 13.7 Å². The number of piperidine rings is 1. The van der Waals surface area contributed by atoms with Gasteiger partial charge in [-0.25, -0.2) is 4.99 Å². The van der Waals surface area contributed by atoms with Gasteiger partial charge in [-0.15, -0.1) is 0 Å². The second-order valence-corrected chi connectivity index (χ2v) is 7.46. The molecule has 29 heavy (non-hydrogen) atoms. The van der Waals surface area contributed by atoms with E-state index in [2.05, 4.69) is 29.5 Å². The molecule has 0 atom stereocenters. The normalized spacial score (nSPS) is 15.5. The summed E-state index contributed by atoms with van der Waals surface area (Å²) in [7, 11) is 1.53. The fourth-order valence-corrected chi connectivity index (χ4v) is 3.66. The highest BCUT2D eigenvalue weighted by Gasteiger charge is 2.26. The summed E-state index contributed by atoms with van der Waals surface area (Å²) in [5, 5.41) is 16.7. The summed E-state index contributed by atoms with van der Waals surface area (Å²) in [4.78, 5) is 19.2. The molecule has 0 aromatic heterocycles. The maximum Gasteiger partial charge on any atom is 0.225 e. The number of aromatic hydroxyl groups is 1. The molecule has 1 aromatic rings. The summed E-state index contributed by atoms with van der Waals surface area (Å²) >= 11 is 0. The van der Waals surface area contributed by atoms with E-state index in [0.29, 0.717) is 24.2 Å². The number of nitrogens with zero attached hydrogens (tertiary/aromatic N) is 2. The Bertz CT molecular complexity index is 681. The summed E-state index contributed by atoms with van der Waals surface area (Å²) in [6.07, 6.45) is 3.65. The van der Waals surface area contributed by atoms with Gasteiger partial charge >= 0.3 is 0 Å². The van der Waals surface area contributed by atoms with Crippen molar-refractivity contribution in [3.8, 4) is 11.5 Å². The van der Waals surface area contributed by atoms with Crippen LogP contribution in [0, 0.1) is 5.92 Å². The van der Waals surface area contributed by atoms with Gasteiger partial charge in [-0.3, -0.25) is 4.79 Å². The Hall–Kier alpha value is -2.44. The molecule has 2 rings (SSSR count). The van der Waals surface area contributed by atoms with Crippen LogP contribution in [0.4, 0.5) is 0 Å². The van der Waals surface area contributed by atoms with Crippen molar-refractivity contribution in [1.29, 1.82) is 0 Å². The average Bonchev–Trinajstić information content (AvgIpc) is 2.73. The molecule has 1 heterocycles. The number of hydrogen-bond donors (Lipinski definition) is 3. The van der Waals surface area contributed by atoms with E-state index in [4.69, 9.17) is 4.74 Å². The largest absolute Gasteiger partial charge is 0.504 e. The molecule has 0 radical (unpaired) electrons. The van der Waals surface area contributed by atoms with Gasteiger partial charge in [-0.2, -0.15) is 0 Å². The van der Waals surface area contributed by atoms with E-state index in [1.165, 1.54) is 7.11 Å². The fourth-order valence-electron chi connectivity index (χ4n) is 3.66. The number of aliphatic imine (C=N–C) groups is 1. The third-order valence-corrected chi connectivity index (χ3v) is 5.49. The topological polar surface area (TPSA) is 86.2 Å². The number of carbonyl (C=O) groups is 1. The van der Waals surface area contributed by atoms with Crippen LogP contribution in [0.25, 0.3) is 0 Å². The van der Waals surface area contributed by atoms with E-state index >= 15 is 0 Å². The quantitative estimate of drug-likeness (QED) is 0.458. The molecule has 0 bridgehead atoms. The molecule has 3 N–H and O–H groups in total. The lowest BCUT2D eigenvalue weighted by Gasteiger charge is -2.34. The Morgan fingerprint density at radius 2 is 1.97 bits per heavy atom. The van der Waals surface area contributed by atoms with Crippen LogP contribution in [0.2, 0.25) is 0 Å². The van der Waals surface area contributed by atoms with E-state index in [1.807, 2.05) is 17.9 Å². The summed E-state index contributed by atoms with van der Waals surface area (Å²) in [6.45, 7) is 9.01. The second-order valence-electron chi connectivity index (χ2n) is 7.46. The zero-order valence-corrected chi connectivity index (χ0v) is 18.2. The molecule has 1 aromatic carbocycles. The van der Waals surface area contributed by atoms with Crippen LogP contribution < -0.4 is 15.4 Å². The van der Waals surface area contributed by atoms with Crippen LogP contribution >= 0.6 is 0 Å². The van der Waals surface area contributed by atoms with Crippen LogP contribution in [0.5, 0.6) is 11.5 Å². The minimum atomic E-state index is 0.118. The number of phenolic OH excluding ortho intramolecular Hbond substituents is 1. The number of methoxy groups -OCH3 is 1. The van der Waals surface area contributed by atoms with Gasteiger partial charge in [0.25, 0.3) is 0 Å². The average molecular weight is 405 g/mol. The standard InChI is InChI=1S/C22H36N4O3/c1-5-17(6-2)21(28)26-12-10-18(11-13-26)25-22(23-7-3)24-15-16-8-9-20(29-4)19(27)14-16/h8-9,14,17-18,27H,5-7,10-13,15H2,1-4H3,(H2,23,24,25). The van der Waals surface area contributed by atoms with Gasteiger partial charge in [-0.05, 0) is 50.3 Å². The molecule has 1 aliphatic heterocycles. The van der Waals surface area contributed by atoms with Crippen molar-refractivity contribution in [3.05, 3.63) is 23.8 Å². The molecule has 0 aliphatic carbocycles. The van der Waals surface area contributed by atoms with Crippen molar-refractivity contribution >= 4 is 11.9 Å². The first kappa shape index (κ1) is 22.8. The lowest BCUT2D eigenvalue weighted by molar-refractivity contribution is -0.136. The van der Waals surface area contributed by atoms with Crippen molar-refractivity contribution in [3.63, 3.8) is 0 Å². The lowest BCUT2D eigenvalue weighted by Crippen LogP contribution is -2.50. The van der Waals surface area contributed by atoms with Crippen molar-refractivity contribution in [2.45, 2.75) is 59.0 Å². The van der Waals surface area contributed by atoms with Gasteiger partial charge in [0.2, 0.25) is 5.91 Å². The van der Waals surface area contributed by atoms with Crippen LogP contribution in [-0.2, 0) is 11.3 Å². The van der Waals surface area contributed by atoms with E-state index in [-0.39, 0.29) is 11.7 Å². The van der Waals surface area contributed by atoms with E-state index < -0.39 is 0 Å². The van der Waals surface area contributed by atoms with Gasteiger partial charge in [0.1, 0.15) is 0 Å². The lowest BCUT2D eigenvalue weighted by atomic mass is 9.98. The first-order valence-corrected chi connectivity index (χ1v) is 10.7. The van der Waals surface area contributed by atoms with Gasteiger partial charge in [0, 0.05) is 31.6 Å². The third kappa shape index (κ3) is 6.54. The number of guanidine groups is 1. The monoisotopic (exact) mass is 404 g/mol. The summed E-state index contributed by atoms with van der Waals surface area (Å²) in [5.41, 5.74) is 0.908. The van der Waals surface area contributed by atoms with Gasteiger partial charge in [0.15, 0.2) is 17.5 Å². The zero-order chi connectivity index (χ0) is 21.2. The molecule has 1 amide bonds. The molecular formula is C22H36N4O3. The molecule has 0 unspecified atom stereocenters. The number of nitrogens with one attached hydrogen (secondary N) is 2. The number of likely N-dealkylation sites (tertiary alicyclic amines) is 1. The Kier molecular flexibility index (Phi) is 9.09. The maximum absolute atomic E-state index is 12.6. The van der Waals surface area contributed by atoms with Gasteiger partial charge < -0.3 is 25.4 Å². The molecule has 0 saturated carbocycles. The van der Waals surface area contributed by atoms with Gasteiger partial charge in [-0.1, -0.05) is 19.9 Å².